The molecule has 25 rings (SSSR count). The third kappa shape index (κ3) is 14.0. The highest BCUT2D eigenvalue weighted by Gasteiger charge is 2.40. The van der Waals surface area contributed by atoms with Crippen molar-refractivity contribution >= 4 is 144 Å². The summed E-state index contributed by atoms with van der Waals surface area (Å²) in [5.74, 6) is 1.21. The van der Waals surface area contributed by atoms with Crippen molar-refractivity contribution in [3.05, 3.63) is 459 Å². The van der Waals surface area contributed by atoms with Crippen LogP contribution in [0.25, 0.3) is 153 Å². The van der Waals surface area contributed by atoms with Crippen LogP contribution in [0.15, 0.2) is 446 Å². The average Bonchev–Trinajstić information content (AvgIpc) is 0.828. The number of hydrogen-bond donors (Lipinski definition) is 0. The molecule has 10 nitrogen and oxygen atoms in total. The van der Waals surface area contributed by atoms with Crippen LogP contribution in [-0.4, -0.2) is 19.9 Å². The molecule has 134 heavy (non-hydrogen) atoms. The Bertz CT molecular complexity index is 8400. The topological polar surface area (TPSA) is 90.8 Å². The molecule has 0 fully saturated rings. The molecule has 636 valence electrons. The van der Waals surface area contributed by atoms with Gasteiger partial charge in [-0.15, -0.1) is 22.7 Å². The van der Waals surface area contributed by atoms with Gasteiger partial charge in [-0.2, -0.15) is 0 Å². The minimum absolute atomic E-state index is 0.240. The van der Waals surface area contributed by atoms with Crippen molar-refractivity contribution in [1.82, 2.24) is 19.9 Å². The van der Waals surface area contributed by atoms with Crippen molar-refractivity contribution < 1.29 is 8.83 Å². The van der Waals surface area contributed by atoms with E-state index >= 15 is 0 Å². The molecule has 4 aromatic heterocycles. The first-order chi connectivity index (χ1) is 65.8. The summed E-state index contributed by atoms with van der Waals surface area (Å²) in [6.07, 6.45) is 0. The van der Waals surface area contributed by atoms with Crippen molar-refractivity contribution in [3.63, 3.8) is 0 Å². The van der Waals surface area contributed by atoms with E-state index in [2.05, 4.69) is 436 Å². The number of fused-ring (bicyclic) bond motifs is 9. The summed E-state index contributed by atoms with van der Waals surface area (Å²) < 4.78 is 14.8. The average molecular weight is 1760 g/mol. The molecule has 6 heterocycles. The van der Waals surface area contributed by atoms with E-state index in [-0.39, 0.29) is 10.8 Å². The van der Waals surface area contributed by atoms with Crippen LogP contribution in [0.4, 0.5) is 68.2 Å². The maximum Gasteiger partial charge on any atom is 0.227 e. The zero-order chi connectivity index (χ0) is 89.3. The molecule has 0 saturated carbocycles. The Labute approximate surface area is 784 Å². The number of benzene rings is 19. The van der Waals surface area contributed by atoms with Crippen molar-refractivity contribution in [1.29, 1.82) is 0 Å². The Morgan fingerprint density at radius 3 is 1.11 bits per heavy atom. The molecule has 2 aliphatic heterocycles. The molecule has 0 saturated heterocycles. The van der Waals surface area contributed by atoms with E-state index in [1.54, 1.807) is 22.7 Å². The monoisotopic (exact) mass is 1760 g/mol. The van der Waals surface area contributed by atoms with Gasteiger partial charge in [0, 0.05) is 78.3 Å². The van der Waals surface area contributed by atoms with Crippen LogP contribution in [0.1, 0.15) is 49.9 Å². The molecule has 23 aromatic rings. The van der Waals surface area contributed by atoms with Crippen molar-refractivity contribution in [2.75, 3.05) is 19.6 Å². The summed E-state index contributed by atoms with van der Waals surface area (Å²) >= 11 is 3.47. The van der Waals surface area contributed by atoms with Crippen LogP contribution in [-0.2, 0) is 10.8 Å². The lowest BCUT2D eigenvalue weighted by atomic mass is 9.73. The summed E-state index contributed by atoms with van der Waals surface area (Å²) in [6.45, 7) is 9.39. The lowest BCUT2D eigenvalue weighted by Gasteiger charge is -2.42. The number of rotatable bonds is 17. The van der Waals surface area contributed by atoms with E-state index in [1.807, 2.05) is 48.5 Å². The van der Waals surface area contributed by atoms with Crippen molar-refractivity contribution in [2.45, 2.75) is 38.5 Å². The van der Waals surface area contributed by atoms with Crippen LogP contribution >= 0.6 is 22.7 Å². The quantitative estimate of drug-likeness (QED) is 0.0878. The first kappa shape index (κ1) is 79.5. The molecule has 0 N–H and O–H groups in total. The number of aromatic nitrogens is 4. The lowest BCUT2D eigenvalue weighted by Crippen LogP contribution is -2.30. The van der Waals surface area contributed by atoms with E-state index in [9.17, 15) is 0 Å². The molecule has 0 spiro atoms. The smallest absolute Gasteiger partial charge is 0.227 e. The molecule has 0 aliphatic carbocycles. The SMILES string of the molecule is CC1(C)c2ccccc2N(c2ccc(-c3ccc(N(c4ccc(-c5cccc(-c6nc7ccccc7o6)c5)cc4)c4ccc(-c5ccc6sc(-c7ccc(N(c8ccc(-c9ccc(N%10c%11ccccc%11C(C)(C)c%11cc(-c%12nc%13ccccc%13s%12)ccc%11%10)cc9)cc8)c8cccc9ccccc89)cc7)nc6c5)cc4)cc3)cc2)c2ccc(-c3cccc(-c4nc5ccccc5o4)c3)cc21. The van der Waals surface area contributed by atoms with Crippen molar-refractivity contribution in [3.8, 4) is 99.7 Å². The number of anilines is 12. The van der Waals surface area contributed by atoms with E-state index in [4.69, 9.17) is 28.8 Å². The first-order valence-electron chi connectivity index (χ1n) is 45.4. The highest BCUT2D eigenvalue weighted by molar-refractivity contribution is 7.22. The van der Waals surface area contributed by atoms with E-state index in [0.717, 1.165) is 177 Å². The summed E-state index contributed by atoms with van der Waals surface area (Å²) in [5, 5.41) is 4.35. The molecule has 0 unspecified atom stereocenters. The van der Waals surface area contributed by atoms with Crippen LogP contribution in [0.2, 0.25) is 0 Å². The van der Waals surface area contributed by atoms with Gasteiger partial charge in [0.05, 0.1) is 48.9 Å². The third-order valence-corrected chi connectivity index (χ3v) is 29.2. The summed E-state index contributed by atoms with van der Waals surface area (Å²) in [7, 11) is 0. The van der Waals surface area contributed by atoms with Crippen LogP contribution in [0.3, 0.4) is 0 Å². The first-order valence-corrected chi connectivity index (χ1v) is 47.1. The van der Waals surface area contributed by atoms with E-state index in [0.29, 0.717) is 11.8 Å². The fraction of sp³-hybridized carbons (Fsp3) is 0.0492. The van der Waals surface area contributed by atoms with Gasteiger partial charge in [-0.25, -0.2) is 19.9 Å². The molecular formula is C122H84N8O2S2. The van der Waals surface area contributed by atoms with Gasteiger partial charge >= 0.3 is 0 Å². The minimum Gasteiger partial charge on any atom is -0.436 e. The Morgan fingerprint density at radius 2 is 0.590 bits per heavy atom. The Morgan fingerprint density at radius 1 is 0.239 bits per heavy atom. The van der Waals surface area contributed by atoms with E-state index < -0.39 is 0 Å². The van der Waals surface area contributed by atoms with Gasteiger partial charge in [-0.05, 0) is 302 Å². The van der Waals surface area contributed by atoms with Crippen LogP contribution in [0, 0.1) is 0 Å². The molecule has 2 aliphatic rings. The highest BCUT2D eigenvalue weighted by Crippen LogP contribution is 2.56. The van der Waals surface area contributed by atoms with Gasteiger partial charge in [0.1, 0.15) is 21.0 Å². The van der Waals surface area contributed by atoms with Gasteiger partial charge in [-0.3, -0.25) is 0 Å². The molecule has 19 aromatic carbocycles. The van der Waals surface area contributed by atoms with Gasteiger partial charge in [-0.1, -0.05) is 246 Å². The fourth-order valence-electron chi connectivity index (χ4n) is 20.0. The second-order valence-corrected chi connectivity index (χ2v) is 37.8. The Hall–Kier alpha value is -16.6. The van der Waals surface area contributed by atoms with Crippen molar-refractivity contribution in [2.24, 2.45) is 0 Å². The van der Waals surface area contributed by atoms with Gasteiger partial charge in [0.25, 0.3) is 0 Å². The number of para-hydroxylation sites is 7. The second-order valence-electron chi connectivity index (χ2n) is 35.7. The predicted molar refractivity (Wildman–Crippen MR) is 557 cm³/mol. The number of hydrogen-bond acceptors (Lipinski definition) is 12. The Kier molecular flexibility index (Phi) is 19.1. The van der Waals surface area contributed by atoms with Gasteiger partial charge in [0.15, 0.2) is 11.2 Å². The standard InChI is InChI=1S/C122H84N8O2S2/c1-121(2)100-27-7-12-32-109(100)129(111-69-52-87(74-102(111)121)86-23-18-25-90(73-86)118-124-105-30-10-15-36-114(105)132-118)97-63-42-79(43-64-97)77-38-55-92(56-39-77)127(93-57-46-81(47-58-93)85-22-17-24-89(72-85)117-123-104-29-9-14-35-113(104)131-117)94-59-48-82(49-60-94)88-54-71-116-107(76-88)126-119(134-116)84-50-67-96(68-51-84)128(108-34-19-21-83-20-5-6-26-99(83)108)95-61-40-78(41-62-95)80-44-65-98(66-45-80)130-110-33-13-8-28-101(110)122(3,4)103-75-91(53-70-112(103)130)120-125-106-31-11-16-37-115(106)133-120/h5-76H,1-4H3. The zero-order valence-corrected chi connectivity index (χ0v) is 75.4. The summed E-state index contributed by atoms with van der Waals surface area (Å²) in [5.41, 5.74) is 38.1. The molecular weight excluding hydrogens is 1670 g/mol. The molecule has 0 amide bonds. The summed E-state index contributed by atoms with van der Waals surface area (Å²) in [6, 6.07) is 157. The zero-order valence-electron chi connectivity index (χ0n) is 73.8. The van der Waals surface area contributed by atoms with Gasteiger partial charge in [0.2, 0.25) is 11.8 Å². The lowest BCUT2D eigenvalue weighted by molar-refractivity contribution is 0.619. The molecule has 0 bridgehead atoms. The summed E-state index contributed by atoms with van der Waals surface area (Å²) in [4.78, 5) is 29.7. The largest absolute Gasteiger partial charge is 0.436 e. The normalized spacial score (nSPS) is 13.0. The maximum absolute atomic E-state index is 6.25. The molecule has 0 radical (unpaired) electrons. The van der Waals surface area contributed by atoms with Gasteiger partial charge < -0.3 is 28.4 Å². The number of thiazole rings is 2. The second kappa shape index (κ2) is 32.2. The fourth-order valence-corrected chi connectivity index (χ4v) is 21.9. The minimum atomic E-state index is -0.288. The van der Waals surface area contributed by atoms with Crippen LogP contribution < -0.4 is 19.6 Å². The maximum atomic E-state index is 6.25. The number of oxazole rings is 2. The third-order valence-electron chi connectivity index (χ3n) is 27.0. The molecule has 0 atom stereocenters. The van der Waals surface area contributed by atoms with Crippen LogP contribution in [0.5, 0.6) is 0 Å². The predicted octanol–water partition coefficient (Wildman–Crippen LogP) is 34.5. The molecule has 12 heteroatoms. The Balaban J connectivity index is 0.493. The number of nitrogens with zero attached hydrogens (tertiary/aromatic N) is 8. The van der Waals surface area contributed by atoms with E-state index in [1.165, 1.54) is 54.8 Å². The highest BCUT2D eigenvalue weighted by atomic mass is 32.1.